The highest BCUT2D eigenvalue weighted by molar-refractivity contribution is 5.27. The first-order chi connectivity index (χ1) is 6.95. The summed E-state index contributed by atoms with van der Waals surface area (Å²) in [5.41, 5.74) is 2.09. The summed E-state index contributed by atoms with van der Waals surface area (Å²) in [6.45, 7) is 8.41. The van der Waals surface area contributed by atoms with Crippen LogP contribution in [0.4, 0.5) is 0 Å². The highest BCUT2D eigenvalue weighted by Crippen LogP contribution is 2.18. The van der Waals surface area contributed by atoms with E-state index in [0.29, 0.717) is 6.54 Å². The van der Waals surface area contributed by atoms with E-state index >= 15 is 0 Å². The largest absolute Gasteiger partial charge is 0.785 e. The van der Waals surface area contributed by atoms with Gasteiger partial charge in [0.25, 0.3) is 0 Å². The van der Waals surface area contributed by atoms with Crippen molar-refractivity contribution in [1.29, 1.82) is 0 Å². The van der Waals surface area contributed by atoms with Gasteiger partial charge in [-0.2, -0.15) is 0 Å². The van der Waals surface area contributed by atoms with Crippen LogP contribution in [0.15, 0.2) is 24.3 Å². The van der Waals surface area contributed by atoms with E-state index in [4.69, 9.17) is 0 Å². The van der Waals surface area contributed by atoms with Crippen molar-refractivity contribution in [3.8, 4) is 0 Å². The van der Waals surface area contributed by atoms with E-state index in [1.165, 1.54) is 5.56 Å². The Morgan fingerprint density at radius 3 is 2.13 bits per heavy atom. The summed E-state index contributed by atoms with van der Waals surface area (Å²) < 4.78 is 0. The normalized spacial score (nSPS) is 12.1. The molecule has 0 saturated carbocycles. The highest BCUT2D eigenvalue weighted by Gasteiger charge is 2.13. The van der Waals surface area contributed by atoms with Crippen LogP contribution in [0.5, 0.6) is 0 Å². The van der Waals surface area contributed by atoms with Crippen molar-refractivity contribution >= 4 is 0 Å². The Kier molecular flexibility index (Phi) is 3.89. The summed E-state index contributed by atoms with van der Waals surface area (Å²) in [7, 11) is 0. The number of hydrogen-bond acceptors (Lipinski definition) is 2. The third-order valence-electron chi connectivity index (χ3n) is 2.56. The maximum Gasteiger partial charge on any atom is 0.0120 e. The van der Waals surface area contributed by atoms with Gasteiger partial charge < -0.3 is 10.3 Å². The maximum absolute atomic E-state index is 11.8. The van der Waals surface area contributed by atoms with Gasteiger partial charge in [-0.15, -0.1) is 0 Å². The Balaban J connectivity index is 2.80. The number of hydroxylamine groups is 2. The highest BCUT2D eigenvalue weighted by atomic mass is 16.5. The minimum Gasteiger partial charge on any atom is -0.785 e. The zero-order chi connectivity index (χ0) is 11.5. The molecule has 0 unspecified atom stereocenters. The lowest BCUT2D eigenvalue weighted by Gasteiger charge is -2.41. The number of nitrogens with zero attached hydrogens (tertiary/aromatic N) is 1. The summed E-state index contributed by atoms with van der Waals surface area (Å²) in [5.74, 6) is 0. The molecule has 2 nitrogen and oxygen atoms in total. The Bertz CT molecular complexity index is 315. The molecule has 2 heteroatoms. The first-order valence-corrected chi connectivity index (χ1v) is 5.46. The molecule has 0 fully saturated rings. The van der Waals surface area contributed by atoms with Crippen molar-refractivity contribution in [2.75, 3.05) is 0 Å². The average Bonchev–Trinajstić information content (AvgIpc) is 2.17. The molecule has 1 aromatic rings. The van der Waals surface area contributed by atoms with Crippen LogP contribution in [0.2, 0.25) is 0 Å². The predicted molar refractivity (Wildman–Crippen MR) is 64.5 cm³/mol. The van der Waals surface area contributed by atoms with Crippen LogP contribution < -0.4 is 0 Å². The Morgan fingerprint density at radius 1 is 1.13 bits per heavy atom. The second-order valence-corrected chi connectivity index (χ2v) is 4.83. The van der Waals surface area contributed by atoms with E-state index in [9.17, 15) is 5.21 Å². The number of benzene rings is 1. The number of rotatable bonds is 3. The molecule has 0 aliphatic rings. The topological polar surface area (TPSA) is 26.3 Å². The van der Waals surface area contributed by atoms with E-state index < -0.39 is 0 Å². The second kappa shape index (κ2) is 4.77. The van der Waals surface area contributed by atoms with Crippen LogP contribution in [0, 0.1) is 5.21 Å². The van der Waals surface area contributed by atoms with E-state index in [1.807, 2.05) is 39.0 Å². The Labute approximate surface area is 92.5 Å². The van der Waals surface area contributed by atoms with Crippen LogP contribution in [0.25, 0.3) is 0 Å². The van der Waals surface area contributed by atoms with Gasteiger partial charge in [0.2, 0.25) is 0 Å². The molecule has 84 valence electrons. The van der Waals surface area contributed by atoms with Gasteiger partial charge in [0.05, 0.1) is 0 Å². The van der Waals surface area contributed by atoms with Gasteiger partial charge >= 0.3 is 0 Å². The molecule has 15 heavy (non-hydrogen) atoms. The molecule has 0 spiro atoms. The lowest BCUT2D eigenvalue weighted by atomic mass is 10.0. The van der Waals surface area contributed by atoms with Crippen LogP contribution in [0.3, 0.4) is 0 Å². The molecule has 0 aromatic heterocycles. The summed E-state index contributed by atoms with van der Waals surface area (Å²) in [6.07, 6.45) is 0.980. The Hall–Kier alpha value is -0.860. The fourth-order valence-corrected chi connectivity index (χ4v) is 1.45. The Morgan fingerprint density at radius 2 is 1.67 bits per heavy atom. The van der Waals surface area contributed by atoms with Crippen molar-refractivity contribution < 1.29 is 0 Å². The second-order valence-electron chi connectivity index (χ2n) is 4.83. The number of aryl methyl sites for hydroxylation is 1. The van der Waals surface area contributed by atoms with E-state index in [1.54, 1.807) is 0 Å². The lowest BCUT2D eigenvalue weighted by Crippen LogP contribution is -2.36. The maximum atomic E-state index is 11.8. The van der Waals surface area contributed by atoms with Gasteiger partial charge in [-0.05, 0) is 38.3 Å². The smallest absolute Gasteiger partial charge is 0.0120 e. The van der Waals surface area contributed by atoms with Crippen LogP contribution in [-0.4, -0.2) is 10.6 Å². The van der Waals surface area contributed by atoms with Gasteiger partial charge in [-0.1, -0.05) is 31.2 Å². The SMILES string of the molecule is CCc1ccccc1CN([O-])C(C)(C)C. The van der Waals surface area contributed by atoms with Crippen molar-refractivity contribution in [2.24, 2.45) is 0 Å². The fourth-order valence-electron chi connectivity index (χ4n) is 1.45. The zero-order valence-electron chi connectivity index (χ0n) is 10.1. The van der Waals surface area contributed by atoms with E-state index in [-0.39, 0.29) is 5.54 Å². The third-order valence-corrected chi connectivity index (χ3v) is 2.56. The quantitative estimate of drug-likeness (QED) is 0.709. The van der Waals surface area contributed by atoms with Crippen molar-refractivity contribution in [3.63, 3.8) is 0 Å². The molecule has 0 radical (unpaired) electrons. The van der Waals surface area contributed by atoms with Crippen LogP contribution in [-0.2, 0) is 13.0 Å². The van der Waals surface area contributed by atoms with Crippen molar-refractivity contribution in [1.82, 2.24) is 5.06 Å². The monoisotopic (exact) mass is 206 g/mol. The average molecular weight is 206 g/mol. The molecule has 1 aromatic carbocycles. The molecule has 0 aliphatic carbocycles. The van der Waals surface area contributed by atoms with Crippen molar-refractivity contribution in [2.45, 2.75) is 46.2 Å². The third kappa shape index (κ3) is 3.33. The first kappa shape index (κ1) is 12.2. The summed E-state index contributed by atoms with van der Waals surface area (Å²) in [5, 5.41) is 13.0. The van der Waals surface area contributed by atoms with Gasteiger partial charge in [0.15, 0.2) is 0 Å². The van der Waals surface area contributed by atoms with E-state index in [0.717, 1.165) is 17.0 Å². The van der Waals surface area contributed by atoms with Crippen LogP contribution >= 0.6 is 0 Å². The zero-order valence-corrected chi connectivity index (χ0v) is 10.1. The fraction of sp³-hybridized carbons (Fsp3) is 0.538. The van der Waals surface area contributed by atoms with Crippen LogP contribution in [0.1, 0.15) is 38.8 Å². The lowest BCUT2D eigenvalue weighted by molar-refractivity contribution is 0.198. The standard InChI is InChI=1S/C13H20NO/c1-5-11-8-6-7-9-12(11)10-14(15)13(2,3)4/h6-9H,5,10H2,1-4H3/q-1. The van der Waals surface area contributed by atoms with Crippen molar-refractivity contribution in [3.05, 3.63) is 40.6 Å². The predicted octanol–water partition coefficient (Wildman–Crippen LogP) is 3.35. The first-order valence-electron chi connectivity index (χ1n) is 5.46. The minimum absolute atomic E-state index is 0.319. The molecule has 0 amide bonds. The molecule has 0 bridgehead atoms. The van der Waals surface area contributed by atoms with E-state index in [2.05, 4.69) is 13.0 Å². The molecule has 0 saturated heterocycles. The molecular weight excluding hydrogens is 186 g/mol. The number of hydrogen-bond donors (Lipinski definition) is 0. The molecule has 0 aliphatic heterocycles. The molecule has 1 rings (SSSR count). The van der Waals surface area contributed by atoms with Gasteiger partial charge in [-0.3, -0.25) is 0 Å². The molecule has 0 atom stereocenters. The summed E-state index contributed by atoms with van der Waals surface area (Å²) in [4.78, 5) is 0. The minimum atomic E-state index is -0.319. The van der Waals surface area contributed by atoms with Gasteiger partial charge in [-0.25, -0.2) is 0 Å². The molecule has 0 heterocycles. The summed E-state index contributed by atoms with van der Waals surface area (Å²) >= 11 is 0. The van der Waals surface area contributed by atoms with Gasteiger partial charge in [0, 0.05) is 12.1 Å². The summed E-state index contributed by atoms with van der Waals surface area (Å²) in [6, 6.07) is 8.14. The van der Waals surface area contributed by atoms with Gasteiger partial charge in [0.1, 0.15) is 0 Å². The molecule has 0 N–H and O–H groups in total. The molecular formula is C13H20NO-.